The van der Waals surface area contributed by atoms with E-state index in [0.717, 1.165) is 10.6 Å². The number of carbonyl (C=O) groups excluding carboxylic acids is 1. The van der Waals surface area contributed by atoms with Gasteiger partial charge in [0.05, 0.1) is 32.2 Å². The summed E-state index contributed by atoms with van der Waals surface area (Å²) in [6.07, 6.45) is 1.06. The van der Waals surface area contributed by atoms with E-state index in [1.54, 1.807) is 50.4 Å². The van der Waals surface area contributed by atoms with Crippen molar-refractivity contribution in [3.05, 3.63) is 42.0 Å². The third kappa shape index (κ3) is 5.01. The number of nitrogens with one attached hydrogen (secondary N) is 1. The van der Waals surface area contributed by atoms with E-state index in [4.69, 9.17) is 18.9 Å². The van der Waals surface area contributed by atoms with Crippen LogP contribution in [0.25, 0.3) is 0 Å². The van der Waals surface area contributed by atoms with Crippen LogP contribution in [0.4, 0.5) is 5.69 Å². The Bertz CT molecular complexity index is 1090. The van der Waals surface area contributed by atoms with Gasteiger partial charge in [-0.05, 0) is 44.2 Å². The predicted octanol–water partition coefficient (Wildman–Crippen LogP) is 2.51. The molecule has 10 heteroatoms. The van der Waals surface area contributed by atoms with Gasteiger partial charge in [0.25, 0.3) is 0 Å². The summed E-state index contributed by atoms with van der Waals surface area (Å²) in [6.45, 7) is 4.11. The molecule has 0 aliphatic carbocycles. The van der Waals surface area contributed by atoms with Gasteiger partial charge in [-0.3, -0.25) is 9.10 Å². The average molecular weight is 465 g/mol. The molecule has 1 aliphatic rings. The topological polar surface area (TPSA) is 103 Å². The van der Waals surface area contributed by atoms with Crippen LogP contribution >= 0.6 is 0 Å². The van der Waals surface area contributed by atoms with Crippen molar-refractivity contribution in [1.82, 2.24) is 5.32 Å². The molecule has 2 aromatic rings. The summed E-state index contributed by atoms with van der Waals surface area (Å²) in [7, 11) is -0.694. The Balaban J connectivity index is 1.86. The molecule has 2 atom stereocenters. The lowest BCUT2D eigenvalue weighted by molar-refractivity contribution is -0.122. The Hall–Kier alpha value is -3.14. The summed E-state index contributed by atoms with van der Waals surface area (Å²) in [5.41, 5.74) is 1.02. The van der Waals surface area contributed by atoms with Gasteiger partial charge in [0.15, 0.2) is 11.5 Å². The summed E-state index contributed by atoms with van der Waals surface area (Å²) in [4.78, 5) is 13.1. The summed E-state index contributed by atoms with van der Waals surface area (Å²) in [6, 6.07) is 8.58. The number of anilines is 1. The van der Waals surface area contributed by atoms with Crippen molar-refractivity contribution in [3.63, 3.8) is 0 Å². The molecular weight excluding hydrogens is 436 g/mol. The first-order valence-electron chi connectivity index (χ1n) is 10.1. The number of rotatable bonds is 8. The molecule has 174 valence electrons. The van der Waals surface area contributed by atoms with Crippen LogP contribution in [0.3, 0.4) is 0 Å². The molecule has 0 saturated heterocycles. The maximum atomic E-state index is 13.1. The Labute approximate surface area is 188 Å². The minimum absolute atomic E-state index is 0.311. The molecule has 0 radical (unpaired) electrons. The van der Waals surface area contributed by atoms with Gasteiger partial charge in [-0.25, -0.2) is 8.42 Å². The third-order valence-corrected chi connectivity index (χ3v) is 6.37. The summed E-state index contributed by atoms with van der Waals surface area (Å²) in [5.74, 6) is 1.69. The van der Waals surface area contributed by atoms with E-state index < -0.39 is 28.0 Å². The molecule has 0 unspecified atom stereocenters. The number of sulfonamides is 1. The second-order valence-corrected chi connectivity index (χ2v) is 9.26. The summed E-state index contributed by atoms with van der Waals surface area (Å²) < 4.78 is 48.0. The fourth-order valence-electron chi connectivity index (χ4n) is 3.57. The Kier molecular flexibility index (Phi) is 7.02. The van der Waals surface area contributed by atoms with Crippen LogP contribution in [0, 0.1) is 0 Å². The number of hydrogen-bond acceptors (Lipinski definition) is 7. The van der Waals surface area contributed by atoms with E-state index in [0.29, 0.717) is 47.5 Å². The van der Waals surface area contributed by atoms with Crippen molar-refractivity contribution in [2.75, 3.05) is 38.0 Å². The number of hydrogen-bond donors (Lipinski definition) is 1. The number of amides is 1. The molecule has 0 bridgehead atoms. The van der Waals surface area contributed by atoms with Crippen molar-refractivity contribution < 1.29 is 32.2 Å². The van der Waals surface area contributed by atoms with E-state index >= 15 is 0 Å². The van der Waals surface area contributed by atoms with Crippen LogP contribution in [0.15, 0.2) is 36.4 Å². The monoisotopic (exact) mass is 464 g/mol. The van der Waals surface area contributed by atoms with Gasteiger partial charge in [0.2, 0.25) is 15.9 Å². The lowest BCUT2D eigenvalue weighted by Gasteiger charge is -2.30. The highest BCUT2D eigenvalue weighted by atomic mass is 32.2. The van der Waals surface area contributed by atoms with Gasteiger partial charge in [0, 0.05) is 11.6 Å². The van der Waals surface area contributed by atoms with Crippen LogP contribution in [-0.4, -0.2) is 54.1 Å². The van der Waals surface area contributed by atoms with Gasteiger partial charge in [-0.15, -0.1) is 0 Å². The lowest BCUT2D eigenvalue weighted by Crippen LogP contribution is -2.48. The second kappa shape index (κ2) is 9.56. The van der Waals surface area contributed by atoms with E-state index in [1.807, 2.05) is 0 Å². The molecule has 0 saturated carbocycles. The fourth-order valence-corrected chi connectivity index (χ4v) is 4.73. The van der Waals surface area contributed by atoms with Crippen molar-refractivity contribution in [2.45, 2.75) is 25.9 Å². The third-order valence-electron chi connectivity index (χ3n) is 5.13. The molecule has 2 aromatic carbocycles. The summed E-state index contributed by atoms with van der Waals surface area (Å²) >= 11 is 0. The zero-order chi connectivity index (χ0) is 23.5. The molecule has 0 spiro atoms. The maximum Gasteiger partial charge on any atom is 0.244 e. The Morgan fingerprint density at radius 3 is 2.34 bits per heavy atom. The number of carbonyl (C=O) groups is 1. The Morgan fingerprint density at radius 1 is 1.03 bits per heavy atom. The minimum atomic E-state index is -3.78. The largest absolute Gasteiger partial charge is 0.497 e. The zero-order valence-corrected chi connectivity index (χ0v) is 19.6. The number of fused-ring (bicyclic) bond motifs is 1. The van der Waals surface area contributed by atoms with Crippen LogP contribution in [0.2, 0.25) is 0 Å². The first-order valence-corrected chi connectivity index (χ1v) is 11.9. The molecule has 1 aliphatic heterocycles. The van der Waals surface area contributed by atoms with Gasteiger partial charge < -0.3 is 24.3 Å². The highest BCUT2D eigenvalue weighted by Gasteiger charge is 2.31. The van der Waals surface area contributed by atoms with Crippen molar-refractivity contribution in [3.8, 4) is 23.0 Å². The number of ether oxygens (including phenoxy) is 4. The van der Waals surface area contributed by atoms with Gasteiger partial charge in [-0.1, -0.05) is 0 Å². The molecular formula is C22H28N2O7S. The Morgan fingerprint density at radius 2 is 1.72 bits per heavy atom. The lowest BCUT2D eigenvalue weighted by atomic mass is 10.1. The molecule has 1 heterocycles. The van der Waals surface area contributed by atoms with E-state index in [1.165, 1.54) is 14.0 Å². The minimum Gasteiger partial charge on any atom is -0.497 e. The number of benzene rings is 2. The molecule has 9 nitrogen and oxygen atoms in total. The van der Waals surface area contributed by atoms with Crippen LogP contribution in [0.5, 0.6) is 23.0 Å². The first kappa shape index (κ1) is 23.5. The highest BCUT2D eigenvalue weighted by molar-refractivity contribution is 7.92. The smallest absolute Gasteiger partial charge is 0.244 e. The van der Waals surface area contributed by atoms with Gasteiger partial charge >= 0.3 is 0 Å². The second-order valence-electron chi connectivity index (χ2n) is 7.40. The molecule has 0 fully saturated rings. The number of methoxy groups -OCH3 is 2. The zero-order valence-electron chi connectivity index (χ0n) is 18.7. The number of nitrogens with zero attached hydrogens (tertiary/aromatic N) is 1. The SMILES string of the molecule is COc1ccc(OC)c([C@H](C)NC(=O)[C@@H](C)N(c2ccc3c(c2)OCCO3)S(C)(=O)=O)c1. The van der Waals surface area contributed by atoms with Crippen molar-refractivity contribution in [2.24, 2.45) is 0 Å². The van der Waals surface area contributed by atoms with Crippen LogP contribution in [0.1, 0.15) is 25.5 Å². The van der Waals surface area contributed by atoms with Gasteiger partial charge in [-0.2, -0.15) is 0 Å². The van der Waals surface area contributed by atoms with E-state index in [-0.39, 0.29) is 0 Å². The highest BCUT2D eigenvalue weighted by Crippen LogP contribution is 2.35. The van der Waals surface area contributed by atoms with Gasteiger partial charge in [0.1, 0.15) is 30.8 Å². The average Bonchev–Trinajstić information content (AvgIpc) is 2.77. The first-order chi connectivity index (χ1) is 15.2. The fraction of sp³-hybridized carbons (Fsp3) is 0.409. The quantitative estimate of drug-likeness (QED) is 0.640. The standard InChI is InChI=1S/C22H28N2O7S/c1-14(18-13-17(28-3)7-9-19(18)29-4)23-22(25)15(2)24(32(5,26)27)16-6-8-20-21(12-16)31-11-10-30-20/h6-9,12-15H,10-11H2,1-5H3,(H,23,25)/t14-,15+/m0/s1. The van der Waals surface area contributed by atoms with Crippen molar-refractivity contribution in [1.29, 1.82) is 0 Å². The predicted molar refractivity (Wildman–Crippen MR) is 120 cm³/mol. The normalized spacial score (nSPS) is 14.8. The van der Waals surface area contributed by atoms with Crippen molar-refractivity contribution >= 4 is 21.6 Å². The summed E-state index contributed by atoms with van der Waals surface area (Å²) in [5, 5.41) is 2.87. The molecule has 3 rings (SSSR count). The molecule has 32 heavy (non-hydrogen) atoms. The molecule has 0 aromatic heterocycles. The van der Waals surface area contributed by atoms with E-state index in [2.05, 4.69) is 5.32 Å². The van der Waals surface area contributed by atoms with Crippen LogP contribution in [-0.2, 0) is 14.8 Å². The van der Waals surface area contributed by atoms with E-state index in [9.17, 15) is 13.2 Å². The van der Waals surface area contributed by atoms with Crippen LogP contribution < -0.4 is 28.6 Å². The molecule has 1 amide bonds. The molecule has 1 N–H and O–H groups in total. The maximum absolute atomic E-state index is 13.1.